The first-order chi connectivity index (χ1) is 18.8. The van der Waals surface area contributed by atoms with Gasteiger partial charge < -0.3 is 34.0 Å². The number of fused-ring (bicyclic) bond motifs is 2. The van der Waals surface area contributed by atoms with Crippen molar-refractivity contribution in [2.45, 2.75) is 25.7 Å². The van der Waals surface area contributed by atoms with Crippen molar-refractivity contribution in [1.82, 2.24) is 19.8 Å². The lowest BCUT2D eigenvalue weighted by Crippen LogP contribution is -2.16. The standard InChI is InChI=1S/C30H38N4O5/c1-33(2)15-11-21-19-31-23-7-5-9-25(29(21)23)38-27(35)13-17-37-18-14-28(36)39-26-10-6-8-24-30(26)22(20-32-24)12-16-34(3)4/h5-10,19-20,31-32H,11-18H2,1-4H3. The van der Waals surface area contributed by atoms with Crippen LogP contribution in [-0.4, -0.2) is 86.2 Å². The van der Waals surface area contributed by atoms with Crippen LogP contribution in [0.3, 0.4) is 0 Å². The van der Waals surface area contributed by atoms with Gasteiger partial charge in [0.25, 0.3) is 0 Å². The molecule has 0 bridgehead atoms. The van der Waals surface area contributed by atoms with Gasteiger partial charge in [-0.2, -0.15) is 0 Å². The first kappa shape index (κ1) is 28.4. The molecule has 9 nitrogen and oxygen atoms in total. The third-order valence-corrected chi connectivity index (χ3v) is 6.50. The Balaban J connectivity index is 1.23. The van der Waals surface area contributed by atoms with Crippen molar-refractivity contribution in [2.75, 3.05) is 54.5 Å². The Hall–Kier alpha value is -3.66. The highest BCUT2D eigenvalue weighted by atomic mass is 16.5. The van der Waals surface area contributed by atoms with Gasteiger partial charge in [-0.1, -0.05) is 12.1 Å². The molecule has 2 aromatic carbocycles. The number of aromatic nitrogens is 2. The van der Waals surface area contributed by atoms with E-state index in [0.29, 0.717) is 11.5 Å². The monoisotopic (exact) mass is 534 g/mol. The second-order valence-corrected chi connectivity index (χ2v) is 10.2. The van der Waals surface area contributed by atoms with E-state index in [1.165, 1.54) is 0 Å². The molecule has 0 atom stereocenters. The third kappa shape index (κ3) is 7.69. The molecule has 0 radical (unpaired) electrons. The molecule has 0 saturated heterocycles. The topological polar surface area (TPSA) is 99.9 Å². The van der Waals surface area contributed by atoms with E-state index < -0.39 is 0 Å². The van der Waals surface area contributed by atoms with Crippen LogP contribution < -0.4 is 9.47 Å². The normalized spacial score (nSPS) is 11.6. The zero-order valence-corrected chi connectivity index (χ0v) is 23.2. The Kier molecular flexibility index (Phi) is 9.75. The molecule has 0 aliphatic carbocycles. The number of H-pyrrole nitrogens is 2. The summed E-state index contributed by atoms with van der Waals surface area (Å²) in [5.41, 5.74) is 4.09. The number of esters is 2. The number of carbonyl (C=O) groups is 2. The Morgan fingerprint density at radius 2 is 1.13 bits per heavy atom. The molecule has 9 heteroatoms. The first-order valence-electron chi connectivity index (χ1n) is 13.3. The smallest absolute Gasteiger partial charge is 0.313 e. The van der Waals surface area contributed by atoms with Crippen molar-refractivity contribution < 1.29 is 23.8 Å². The summed E-state index contributed by atoms with van der Waals surface area (Å²) in [5, 5.41) is 1.86. The molecule has 2 aromatic heterocycles. The maximum absolute atomic E-state index is 12.5. The van der Waals surface area contributed by atoms with Crippen LogP contribution in [0, 0.1) is 0 Å². The molecule has 0 aliphatic heterocycles. The largest absolute Gasteiger partial charge is 0.426 e. The van der Waals surface area contributed by atoms with Crippen LogP contribution >= 0.6 is 0 Å². The number of likely N-dealkylation sites (N-methyl/N-ethyl adjacent to an activating group) is 2. The van der Waals surface area contributed by atoms with Crippen LogP contribution in [-0.2, 0) is 27.2 Å². The van der Waals surface area contributed by atoms with Gasteiger partial charge in [0.15, 0.2) is 0 Å². The van der Waals surface area contributed by atoms with E-state index in [9.17, 15) is 9.59 Å². The highest BCUT2D eigenvalue weighted by Gasteiger charge is 2.15. The van der Waals surface area contributed by atoms with Gasteiger partial charge in [0.1, 0.15) is 11.5 Å². The molecule has 4 rings (SSSR count). The number of carbonyl (C=O) groups excluding carboxylic acids is 2. The summed E-state index contributed by atoms with van der Waals surface area (Å²) < 4.78 is 16.9. The summed E-state index contributed by atoms with van der Waals surface area (Å²) in [4.78, 5) is 35.7. The number of ether oxygens (including phenoxy) is 3. The minimum absolute atomic E-state index is 0.0841. The number of rotatable bonds is 14. The maximum Gasteiger partial charge on any atom is 0.313 e. The second-order valence-electron chi connectivity index (χ2n) is 10.2. The average Bonchev–Trinajstić information content (AvgIpc) is 3.51. The van der Waals surface area contributed by atoms with Crippen LogP contribution in [0.1, 0.15) is 24.0 Å². The Labute approximate surface area is 229 Å². The van der Waals surface area contributed by atoms with Gasteiger partial charge in [-0.25, -0.2) is 0 Å². The third-order valence-electron chi connectivity index (χ3n) is 6.50. The molecule has 2 N–H and O–H groups in total. The van der Waals surface area contributed by atoms with Crippen LogP contribution in [0.2, 0.25) is 0 Å². The predicted octanol–water partition coefficient (Wildman–Crippen LogP) is 4.17. The van der Waals surface area contributed by atoms with Gasteiger partial charge in [0, 0.05) is 47.3 Å². The van der Waals surface area contributed by atoms with Gasteiger partial charge >= 0.3 is 11.9 Å². The van der Waals surface area contributed by atoms with E-state index in [2.05, 4.69) is 19.8 Å². The number of hydrogen-bond donors (Lipinski definition) is 2. The molecule has 0 fully saturated rings. The van der Waals surface area contributed by atoms with Crippen molar-refractivity contribution in [3.63, 3.8) is 0 Å². The zero-order valence-electron chi connectivity index (χ0n) is 23.2. The summed E-state index contributed by atoms with van der Waals surface area (Å²) in [6.45, 7) is 2.10. The number of nitrogens with zero attached hydrogens (tertiary/aromatic N) is 2. The molecule has 0 amide bonds. The quantitative estimate of drug-likeness (QED) is 0.142. The highest BCUT2D eigenvalue weighted by molar-refractivity contribution is 5.92. The van der Waals surface area contributed by atoms with E-state index in [-0.39, 0.29) is 38.0 Å². The molecular formula is C30H38N4O5. The van der Waals surface area contributed by atoms with E-state index >= 15 is 0 Å². The summed E-state index contributed by atoms with van der Waals surface area (Å²) in [6.07, 6.45) is 5.79. The fraction of sp³-hybridized carbons (Fsp3) is 0.400. The Morgan fingerprint density at radius 3 is 1.54 bits per heavy atom. The first-order valence-corrected chi connectivity index (χ1v) is 13.3. The Bertz CT molecular complexity index is 1300. The minimum atomic E-state index is -0.380. The molecule has 0 saturated carbocycles. The fourth-order valence-electron chi connectivity index (χ4n) is 4.45. The van der Waals surface area contributed by atoms with Crippen molar-refractivity contribution in [3.05, 3.63) is 59.9 Å². The molecule has 208 valence electrons. The minimum Gasteiger partial charge on any atom is -0.426 e. The number of aromatic amines is 2. The van der Waals surface area contributed by atoms with Crippen LogP contribution in [0.25, 0.3) is 21.8 Å². The average molecular weight is 535 g/mol. The molecule has 4 aromatic rings. The SMILES string of the molecule is CN(C)CCc1c[nH]c2cccc(OC(=O)CCOCCC(=O)Oc3cccc4[nH]cc(CCN(C)C)c34)c12. The number of nitrogens with one attached hydrogen (secondary N) is 2. The lowest BCUT2D eigenvalue weighted by Gasteiger charge is -2.11. The Morgan fingerprint density at radius 1 is 0.692 bits per heavy atom. The second kappa shape index (κ2) is 13.4. The van der Waals surface area contributed by atoms with Gasteiger partial charge in [-0.15, -0.1) is 0 Å². The van der Waals surface area contributed by atoms with Crippen LogP contribution in [0.5, 0.6) is 11.5 Å². The lowest BCUT2D eigenvalue weighted by molar-refractivity contribution is -0.136. The zero-order chi connectivity index (χ0) is 27.8. The lowest BCUT2D eigenvalue weighted by atomic mass is 10.1. The van der Waals surface area contributed by atoms with Crippen molar-refractivity contribution in [1.29, 1.82) is 0 Å². The molecule has 0 aliphatic rings. The van der Waals surface area contributed by atoms with E-state index in [4.69, 9.17) is 14.2 Å². The van der Waals surface area contributed by atoms with Gasteiger partial charge in [0.05, 0.1) is 26.1 Å². The van der Waals surface area contributed by atoms with E-state index in [0.717, 1.165) is 58.9 Å². The maximum atomic E-state index is 12.5. The van der Waals surface area contributed by atoms with Gasteiger partial charge in [-0.3, -0.25) is 9.59 Å². The fourth-order valence-corrected chi connectivity index (χ4v) is 4.45. The van der Waals surface area contributed by atoms with Crippen molar-refractivity contribution in [3.8, 4) is 11.5 Å². The molecule has 2 heterocycles. The van der Waals surface area contributed by atoms with Crippen LogP contribution in [0.4, 0.5) is 0 Å². The number of hydrogen-bond acceptors (Lipinski definition) is 7. The predicted molar refractivity (Wildman–Crippen MR) is 152 cm³/mol. The van der Waals surface area contributed by atoms with Gasteiger partial charge in [0.2, 0.25) is 0 Å². The summed E-state index contributed by atoms with van der Waals surface area (Å²) in [7, 11) is 8.12. The summed E-state index contributed by atoms with van der Waals surface area (Å²) >= 11 is 0. The van der Waals surface area contributed by atoms with Gasteiger partial charge in [-0.05, 0) is 76.4 Å². The molecule has 0 spiro atoms. The van der Waals surface area contributed by atoms with Crippen molar-refractivity contribution >= 4 is 33.7 Å². The molecular weight excluding hydrogens is 496 g/mol. The molecule has 39 heavy (non-hydrogen) atoms. The van der Waals surface area contributed by atoms with E-state index in [1.54, 1.807) is 12.1 Å². The summed E-state index contributed by atoms with van der Waals surface area (Å²) in [6, 6.07) is 11.3. The van der Waals surface area contributed by atoms with Crippen LogP contribution in [0.15, 0.2) is 48.8 Å². The highest BCUT2D eigenvalue weighted by Crippen LogP contribution is 2.30. The molecule has 0 unspecified atom stereocenters. The van der Waals surface area contributed by atoms with E-state index in [1.807, 2.05) is 64.8 Å². The number of benzene rings is 2. The summed E-state index contributed by atoms with van der Waals surface area (Å²) in [5.74, 6) is 0.323. The van der Waals surface area contributed by atoms with Crippen molar-refractivity contribution in [2.24, 2.45) is 0 Å².